The van der Waals surface area contributed by atoms with Gasteiger partial charge in [-0.2, -0.15) is 0 Å². The fraction of sp³-hybridized carbons (Fsp3) is 0.389. The topological polar surface area (TPSA) is 104 Å². The number of morpholine rings is 1. The van der Waals surface area contributed by atoms with E-state index in [1.165, 1.54) is 6.20 Å². The third-order valence-electron chi connectivity index (χ3n) is 4.31. The number of methoxy groups -OCH3 is 1. The molecule has 138 valence electrons. The lowest BCUT2D eigenvalue weighted by Crippen LogP contribution is -2.46. The summed E-state index contributed by atoms with van der Waals surface area (Å²) in [5.74, 6) is -0.113. The minimum atomic E-state index is -0.568. The lowest BCUT2D eigenvalue weighted by Gasteiger charge is -2.33. The maximum Gasteiger partial charge on any atom is 0.325 e. The molecule has 1 fully saturated rings. The van der Waals surface area contributed by atoms with Crippen LogP contribution in [0, 0.1) is 0 Å². The highest BCUT2D eigenvalue weighted by molar-refractivity contribution is 5.95. The maximum absolute atomic E-state index is 12.8. The van der Waals surface area contributed by atoms with Crippen molar-refractivity contribution in [3.05, 3.63) is 56.9 Å². The minimum Gasteiger partial charge on any atom is -0.385 e. The first-order valence-corrected chi connectivity index (χ1v) is 8.40. The Morgan fingerprint density at radius 1 is 1.38 bits per heavy atom. The molecule has 1 saturated heterocycles. The average Bonchev–Trinajstić information content (AvgIpc) is 2.66. The Kier molecular flexibility index (Phi) is 5.65. The summed E-state index contributed by atoms with van der Waals surface area (Å²) in [6.45, 7) is 2.09. The molecule has 1 atom stereocenters. The van der Waals surface area contributed by atoms with Gasteiger partial charge in [-0.05, 0) is 24.1 Å². The van der Waals surface area contributed by atoms with E-state index in [9.17, 15) is 14.4 Å². The van der Waals surface area contributed by atoms with Crippen LogP contribution in [0.4, 0.5) is 0 Å². The lowest BCUT2D eigenvalue weighted by atomic mass is 10.0. The zero-order chi connectivity index (χ0) is 18.5. The second-order valence-corrected chi connectivity index (χ2v) is 6.09. The summed E-state index contributed by atoms with van der Waals surface area (Å²) in [6, 6.07) is 6.81. The van der Waals surface area contributed by atoms with Gasteiger partial charge in [0.15, 0.2) is 0 Å². The van der Waals surface area contributed by atoms with Crippen molar-refractivity contribution in [1.82, 2.24) is 14.9 Å². The second kappa shape index (κ2) is 8.11. The first kappa shape index (κ1) is 18.1. The number of nitrogens with zero attached hydrogens (tertiary/aromatic N) is 1. The van der Waals surface area contributed by atoms with Crippen molar-refractivity contribution in [1.29, 1.82) is 0 Å². The third-order valence-corrected chi connectivity index (χ3v) is 4.31. The van der Waals surface area contributed by atoms with E-state index in [0.29, 0.717) is 43.0 Å². The van der Waals surface area contributed by atoms with Crippen LogP contribution < -0.4 is 11.2 Å². The molecule has 0 spiro atoms. The Morgan fingerprint density at radius 3 is 3.00 bits per heavy atom. The van der Waals surface area contributed by atoms with Crippen molar-refractivity contribution < 1.29 is 14.3 Å². The van der Waals surface area contributed by atoms with E-state index < -0.39 is 11.2 Å². The van der Waals surface area contributed by atoms with E-state index in [0.717, 1.165) is 6.42 Å². The smallest absolute Gasteiger partial charge is 0.325 e. The maximum atomic E-state index is 12.8. The largest absolute Gasteiger partial charge is 0.385 e. The van der Waals surface area contributed by atoms with Gasteiger partial charge in [0, 0.05) is 38.6 Å². The summed E-state index contributed by atoms with van der Waals surface area (Å²) in [5, 5.41) is 0. The summed E-state index contributed by atoms with van der Waals surface area (Å²) < 4.78 is 10.7. The molecule has 2 heterocycles. The molecule has 26 heavy (non-hydrogen) atoms. The molecular formula is C18H21N3O5. The Bertz CT molecular complexity index is 889. The van der Waals surface area contributed by atoms with E-state index in [1.807, 2.05) is 0 Å². The van der Waals surface area contributed by atoms with Crippen LogP contribution in [-0.2, 0) is 9.47 Å². The van der Waals surface area contributed by atoms with Gasteiger partial charge in [-0.25, -0.2) is 4.79 Å². The molecule has 1 aliphatic rings. The van der Waals surface area contributed by atoms with E-state index in [1.54, 1.807) is 36.3 Å². The van der Waals surface area contributed by atoms with Crippen LogP contribution >= 0.6 is 0 Å². The first-order chi connectivity index (χ1) is 12.6. The van der Waals surface area contributed by atoms with Gasteiger partial charge in [0.1, 0.15) is 0 Å². The molecule has 0 aliphatic carbocycles. The number of H-pyrrole nitrogens is 2. The number of carbonyl (C=O) groups excluding carboxylic acids is 1. The summed E-state index contributed by atoms with van der Waals surface area (Å²) >= 11 is 0. The molecule has 8 heteroatoms. The van der Waals surface area contributed by atoms with Crippen molar-refractivity contribution in [3.8, 4) is 11.1 Å². The molecule has 1 aromatic carbocycles. The van der Waals surface area contributed by atoms with Crippen molar-refractivity contribution in [2.75, 3.05) is 33.4 Å². The molecule has 2 aromatic rings. The van der Waals surface area contributed by atoms with Crippen LogP contribution in [0.3, 0.4) is 0 Å². The molecule has 3 rings (SSSR count). The van der Waals surface area contributed by atoms with Crippen LogP contribution in [0.2, 0.25) is 0 Å². The van der Waals surface area contributed by atoms with Crippen LogP contribution in [0.15, 0.2) is 40.1 Å². The van der Waals surface area contributed by atoms with Crippen molar-refractivity contribution >= 4 is 5.91 Å². The van der Waals surface area contributed by atoms with Crippen LogP contribution in [-0.4, -0.2) is 60.3 Å². The number of carbonyl (C=O) groups is 1. The van der Waals surface area contributed by atoms with Crippen LogP contribution in [0.25, 0.3) is 11.1 Å². The lowest BCUT2D eigenvalue weighted by molar-refractivity contribution is -0.0332. The average molecular weight is 359 g/mol. The molecule has 2 N–H and O–H groups in total. The van der Waals surface area contributed by atoms with E-state index in [-0.39, 0.29) is 12.0 Å². The third kappa shape index (κ3) is 4.09. The van der Waals surface area contributed by atoms with Gasteiger partial charge in [0.05, 0.1) is 18.3 Å². The summed E-state index contributed by atoms with van der Waals surface area (Å²) in [7, 11) is 1.63. The highest BCUT2D eigenvalue weighted by Crippen LogP contribution is 2.18. The molecule has 0 bridgehead atoms. The number of aromatic nitrogens is 2. The minimum absolute atomic E-state index is 0.0436. The molecule has 0 radical (unpaired) electrons. The normalized spacial score (nSPS) is 17.3. The number of hydrogen-bond donors (Lipinski definition) is 2. The number of ether oxygens (including phenoxy) is 2. The molecule has 1 aliphatic heterocycles. The van der Waals surface area contributed by atoms with Gasteiger partial charge in [-0.3, -0.25) is 14.6 Å². The standard InChI is InChI=1S/C18H21N3O5/c1-25-7-5-14-11-21(6-8-26-14)17(23)13-4-2-3-12(9-13)15-10-19-18(24)20-16(15)22/h2-4,9-10,14H,5-8,11H2,1H3,(H2,19,20,22,24). The Hall–Kier alpha value is -2.71. The number of hydrogen-bond acceptors (Lipinski definition) is 5. The number of aromatic amines is 2. The van der Waals surface area contributed by atoms with E-state index >= 15 is 0 Å². The van der Waals surface area contributed by atoms with E-state index in [2.05, 4.69) is 9.97 Å². The Balaban J connectivity index is 1.80. The van der Waals surface area contributed by atoms with E-state index in [4.69, 9.17) is 9.47 Å². The highest BCUT2D eigenvalue weighted by atomic mass is 16.5. The van der Waals surface area contributed by atoms with Gasteiger partial charge in [-0.15, -0.1) is 0 Å². The Morgan fingerprint density at radius 2 is 2.23 bits per heavy atom. The predicted octanol–water partition coefficient (Wildman–Crippen LogP) is 0.608. The molecule has 0 saturated carbocycles. The van der Waals surface area contributed by atoms with Crippen molar-refractivity contribution in [3.63, 3.8) is 0 Å². The van der Waals surface area contributed by atoms with Crippen LogP contribution in [0.1, 0.15) is 16.8 Å². The SMILES string of the molecule is COCCC1CN(C(=O)c2cccc(-c3c[nH]c(=O)[nH]c3=O)c2)CCO1. The quantitative estimate of drug-likeness (QED) is 0.814. The highest BCUT2D eigenvalue weighted by Gasteiger charge is 2.25. The fourth-order valence-electron chi connectivity index (χ4n) is 2.95. The second-order valence-electron chi connectivity index (χ2n) is 6.09. The zero-order valence-corrected chi connectivity index (χ0v) is 14.5. The monoisotopic (exact) mass is 359 g/mol. The number of benzene rings is 1. The van der Waals surface area contributed by atoms with Gasteiger partial charge in [0.25, 0.3) is 11.5 Å². The number of rotatable bonds is 5. The molecule has 1 amide bonds. The molecular weight excluding hydrogens is 338 g/mol. The van der Waals surface area contributed by atoms with Gasteiger partial charge >= 0.3 is 5.69 Å². The summed E-state index contributed by atoms with van der Waals surface area (Å²) in [4.78, 5) is 42.3. The summed E-state index contributed by atoms with van der Waals surface area (Å²) in [5.41, 5.74) is 0.294. The first-order valence-electron chi connectivity index (χ1n) is 8.40. The fourth-order valence-corrected chi connectivity index (χ4v) is 2.95. The number of nitrogens with one attached hydrogen (secondary N) is 2. The van der Waals surface area contributed by atoms with Gasteiger partial charge in [0.2, 0.25) is 0 Å². The van der Waals surface area contributed by atoms with Crippen LogP contribution in [0.5, 0.6) is 0 Å². The van der Waals surface area contributed by atoms with Crippen molar-refractivity contribution in [2.45, 2.75) is 12.5 Å². The summed E-state index contributed by atoms with van der Waals surface area (Å²) in [6.07, 6.45) is 2.03. The van der Waals surface area contributed by atoms with Gasteiger partial charge in [-0.1, -0.05) is 12.1 Å². The molecule has 1 aromatic heterocycles. The predicted molar refractivity (Wildman–Crippen MR) is 95.3 cm³/mol. The van der Waals surface area contributed by atoms with Crippen molar-refractivity contribution in [2.24, 2.45) is 0 Å². The Labute approximate surface area is 149 Å². The zero-order valence-electron chi connectivity index (χ0n) is 14.5. The number of amides is 1. The van der Waals surface area contributed by atoms with Gasteiger partial charge < -0.3 is 19.4 Å². The molecule has 8 nitrogen and oxygen atoms in total. The molecule has 1 unspecified atom stereocenters.